The molecule has 0 saturated heterocycles. The molecule has 0 aliphatic rings. The number of carbonyl (C=O) groups is 2. The Morgan fingerprint density at radius 1 is 1.13 bits per heavy atom. The Kier molecular flexibility index (Phi) is 5.72. The van der Waals surface area contributed by atoms with Gasteiger partial charge in [0.05, 0.1) is 21.2 Å². The first-order valence-electron chi connectivity index (χ1n) is 8.99. The van der Waals surface area contributed by atoms with Gasteiger partial charge in [-0.2, -0.15) is 4.68 Å². The Morgan fingerprint density at radius 2 is 1.97 bits per heavy atom. The molecule has 152 valence electrons. The average molecular weight is 440 g/mol. The summed E-state index contributed by atoms with van der Waals surface area (Å²) in [5, 5.41) is 17.9. The highest BCUT2D eigenvalue weighted by molar-refractivity contribution is 8.00. The third-order valence-corrected chi connectivity index (χ3v) is 6.01. The first kappa shape index (κ1) is 20.0. The zero-order valence-corrected chi connectivity index (χ0v) is 17.7. The van der Waals surface area contributed by atoms with Crippen LogP contribution in [0.4, 0.5) is 10.8 Å². The highest BCUT2D eigenvalue weighted by Crippen LogP contribution is 2.28. The van der Waals surface area contributed by atoms with Crippen molar-refractivity contribution in [3.05, 3.63) is 48.5 Å². The Labute approximate surface area is 179 Å². The first-order chi connectivity index (χ1) is 14.5. The number of aromatic nitrogens is 5. The van der Waals surface area contributed by atoms with Gasteiger partial charge >= 0.3 is 0 Å². The number of benzene rings is 2. The standard InChI is InChI=1S/C19H17N7O2S2/c1-11(17(28)22-18-21-15-8-3-4-9-16(15)30-18)29-19-23-24-25-26(19)14-7-5-6-13(10-14)20-12(2)27/h3-11H,1-2H3,(H,20,27)(H,21,22,28). The van der Waals surface area contributed by atoms with Crippen LogP contribution in [0, 0.1) is 0 Å². The number of hydrogen-bond acceptors (Lipinski definition) is 8. The van der Waals surface area contributed by atoms with Crippen molar-refractivity contribution in [1.29, 1.82) is 0 Å². The Balaban J connectivity index is 1.47. The van der Waals surface area contributed by atoms with E-state index < -0.39 is 5.25 Å². The molecule has 9 nitrogen and oxygen atoms in total. The predicted molar refractivity (Wildman–Crippen MR) is 117 cm³/mol. The predicted octanol–water partition coefficient (Wildman–Crippen LogP) is 3.35. The highest BCUT2D eigenvalue weighted by atomic mass is 32.2. The number of tetrazole rings is 1. The molecule has 2 amide bonds. The largest absolute Gasteiger partial charge is 0.326 e. The van der Waals surface area contributed by atoms with E-state index in [9.17, 15) is 9.59 Å². The lowest BCUT2D eigenvalue weighted by atomic mass is 10.3. The second-order valence-electron chi connectivity index (χ2n) is 6.34. The summed E-state index contributed by atoms with van der Waals surface area (Å²) in [6.45, 7) is 3.22. The second kappa shape index (κ2) is 8.59. The Hall–Kier alpha value is -3.31. The van der Waals surface area contributed by atoms with Crippen molar-refractivity contribution in [3.8, 4) is 5.69 Å². The zero-order chi connectivity index (χ0) is 21.1. The Bertz CT molecular complexity index is 1190. The monoisotopic (exact) mass is 439 g/mol. The average Bonchev–Trinajstić information content (AvgIpc) is 3.33. The number of nitrogens with zero attached hydrogens (tertiary/aromatic N) is 5. The maximum absolute atomic E-state index is 12.6. The van der Waals surface area contributed by atoms with Crippen LogP contribution in [0.5, 0.6) is 0 Å². The molecule has 1 atom stereocenters. The number of rotatable bonds is 6. The van der Waals surface area contributed by atoms with Crippen molar-refractivity contribution in [2.75, 3.05) is 10.6 Å². The van der Waals surface area contributed by atoms with Crippen molar-refractivity contribution < 1.29 is 9.59 Å². The second-order valence-corrected chi connectivity index (χ2v) is 8.68. The van der Waals surface area contributed by atoms with Crippen molar-refractivity contribution in [2.24, 2.45) is 0 Å². The van der Waals surface area contributed by atoms with Crippen molar-refractivity contribution in [3.63, 3.8) is 0 Å². The van der Waals surface area contributed by atoms with Crippen LogP contribution in [-0.4, -0.2) is 42.3 Å². The number of amides is 2. The first-order valence-corrected chi connectivity index (χ1v) is 10.7. The molecule has 4 aromatic rings. The molecule has 2 aromatic heterocycles. The SMILES string of the molecule is CC(=O)Nc1cccc(-n2nnnc2SC(C)C(=O)Nc2nc3ccccc3s2)c1. The molecule has 0 fully saturated rings. The molecule has 2 N–H and O–H groups in total. The van der Waals surface area contributed by atoms with E-state index in [1.54, 1.807) is 25.1 Å². The smallest absolute Gasteiger partial charge is 0.239 e. The van der Waals surface area contributed by atoms with Crippen LogP contribution in [0.25, 0.3) is 15.9 Å². The maximum Gasteiger partial charge on any atom is 0.239 e. The van der Waals surface area contributed by atoms with Gasteiger partial charge in [-0.3, -0.25) is 9.59 Å². The topological polar surface area (TPSA) is 115 Å². The van der Waals surface area contributed by atoms with E-state index in [1.807, 2.05) is 30.3 Å². The van der Waals surface area contributed by atoms with Gasteiger partial charge in [-0.05, 0) is 47.7 Å². The number of anilines is 2. The van der Waals surface area contributed by atoms with Crippen molar-refractivity contribution in [1.82, 2.24) is 25.2 Å². The zero-order valence-electron chi connectivity index (χ0n) is 16.1. The van der Waals surface area contributed by atoms with E-state index in [4.69, 9.17) is 0 Å². The molecule has 0 saturated carbocycles. The van der Waals surface area contributed by atoms with Gasteiger partial charge in [-0.25, -0.2) is 4.98 Å². The van der Waals surface area contributed by atoms with Gasteiger partial charge < -0.3 is 10.6 Å². The molecule has 0 spiro atoms. The highest BCUT2D eigenvalue weighted by Gasteiger charge is 2.20. The third kappa shape index (κ3) is 4.47. The van der Waals surface area contributed by atoms with Gasteiger partial charge in [0.1, 0.15) is 0 Å². The van der Waals surface area contributed by atoms with Gasteiger partial charge in [-0.1, -0.05) is 41.3 Å². The van der Waals surface area contributed by atoms with Crippen LogP contribution < -0.4 is 10.6 Å². The summed E-state index contributed by atoms with van der Waals surface area (Å²) in [6, 6.07) is 14.9. The molecule has 0 radical (unpaired) electrons. The number of thioether (sulfide) groups is 1. The van der Waals surface area contributed by atoms with Crippen LogP contribution in [-0.2, 0) is 9.59 Å². The van der Waals surface area contributed by atoms with Gasteiger partial charge in [0, 0.05) is 12.6 Å². The molecule has 30 heavy (non-hydrogen) atoms. The fraction of sp³-hybridized carbons (Fsp3) is 0.158. The van der Waals surface area contributed by atoms with Crippen LogP contribution in [0.3, 0.4) is 0 Å². The van der Waals surface area contributed by atoms with Crippen LogP contribution >= 0.6 is 23.1 Å². The number of carbonyl (C=O) groups excluding carboxylic acids is 2. The molecule has 0 aliphatic heterocycles. The lowest BCUT2D eigenvalue weighted by Gasteiger charge is -2.11. The van der Waals surface area contributed by atoms with Crippen LogP contribution in [0.15, 0.2) is 53.7 Å². The summed E-state index contributed by atoms with van der Waals surface area (Å²) >= 11 is 2.66. The molecular weight excluding hydrogens is 422 g/mol. The molecule has 0 aliphatic carbocycles. The number of thiazole rings is 1. The normalized spacial score (nSPS) is 11.9. The molecule has 2 heterocycles. The quantitative estimate of drug-likeness (QED) is 0.443. The third-order valence-electron chi connectivity index (χ3n) is 4.03. The number of hydrogen-bond donors (Lipinski definition) is 2. The molecule has 2 aromatic carbocycles. The number of nitrogens with one attached hydrogen (secondary N) is 2. The summed E-state index contributed by atoms with van der Waals surface area (Å²) in [4.78, 5) is 28.4. The molecular formula is C19H17N7O2S2. The van der Waals surface area contributed by atoms with Crippen LogP contribution in [0.1, 0.15) is 13.8 Å². The van der Waals surface area contributed by atoms with Crippen LogP contribution in [0.2, 0.25) is 0 Å². The summed E-state index contributed by atoms with van der Waals surface area (Å²) in [6.07, 6.45) is 0. The minimum atomic E-state index is -0.458. The minimum Gasteiger partial charge on any atom is -0.326 e. The van der Waals surface area contributed by atoms with E-state index >= 15 is 0 Å². The maximum atomic E-state index is 12.6. The van der Waals surface area contributed by atoms with Crippen molar-refractivity contribution >= 4 is 55.9 Å². The number of para-hydroxylation sites is 1. The molecule has 1 unspecified atom stereocenters. The van der Waals surface area contributed by atoms with Gasteiger partial charge in [-0.15, -0.1) is 5.10 Å². The summed E-state index contributed by atoms with van der Waals surface area (Å²) in [5.41, 5.74) is 2.15. The molecule has 4 rings (SSSR count). The van der Waals surface area contributed by atoms with Gasteiger partial charge in [0.25, 0.3) is 0 Å². The number of fused-ring (bicyclic) bond motifs is 1. The Morgan fingerprint density at radius 3 is 2.77 bits per heavy atom. The van der Waals surface area contributed by atoms with E-state index in [-0.39, 0.29) is 11.8 Å². The van der Waals surface area contributed by atoms with E-state index in [1.165, 1.54) is 34.7 Å². The lowest BCUT2D eigenvalue weighted by Crippen LogP contribution is -2.22. The van der Waals surface area contributed by atoms with Gasteiger partial charge in [0.2, 0.25) is 17.0 Å². The lowest BCUT2D eigenvalue weighted by molar-refractivity contribution is -0.115. The summed E-state index contributed by atoms with van der Waals surface area (Å²) in [7, 11) is 0. The van der Waals surface area contributed by atoms with E-state index in [2.05, 4.69) is 31.1 Å². The van der Waals surface area contributed by atoms with Gasteiger partial charge in [0.15, 0.2) is 5.13 Å². The summed E-state index contributed by atoms with van der Waals surface area (Å²) < 4.78 is 2.54. The fourth-order valence-electron chi connectivity index (χ4n) is 2.68. The fourth-order valence-corrected chi connectivity index (χ4v) is 4.35. The van der Waals surface area contributed by atoms with E-state index in [0.29, 0.717) is 21.7 Å². The molecule has 11 heteroatoms. The molecule has 0 bridgehead atoms. The van der Waals surface area contributed by atoms with Crippen molar-refractivity contribution in [2.45, 2.75) is 24.3 Å². The minimum absolute atomic E-state index is 0.168. The van der Waals surface area contributed by atoms with E-state index in [0.717, 1.165) is 10.2 Å². The summed E-state index contributed by atoms with van der Waals surface area (Å²) in [5.74, 6) is -0.362.